The van der Waals surface area contributed by atoms with Crippen molar-refractivity contribution in [3.05, 3.63) is 35.9 Å². The zero-order valence-electron chi connectivity index (χ0n) is 13.4. The van der Waals surface area contributed by atoms with Crippen LogP contribution < -0.4 is 5.32 Å². The molecule has 3 atom stereocenters. The molecule has 1 aromatic rings. The van der Waals surface area contributed by atoms with Gasteiger partial charge >= 0.3 is 0 Å². The van der Waals surface area contributed by atoms with Crippen LogP contribution in [0.1, 0.15) is 40.2 Å². The Labute approximate surface area is 126 Å². The average molecular weight is 288 g/mol. The van der Waals surface area contributed by atoms with Crippen LogP contribution in [0.4, 0.5) is 0 Å². The highest BCUT2D eigenvalue weighted by atomic mass is 16.2. The van der Waals surface area contributed by atoms with E-state index in [1.54, 1.807) is 18.7 Å². The first-order valence-electron chi connectivity index (χ1n) is 7.49. The number of piperazine rings is 1. The number of nitrogens with zero attached hydrogens (tertiary/aromatic N) is 1. The van der Waals surface area contributed by atoms with Crippen LogP contribution in [-0.4, -0.2) is 28.8 Å². The van der Waals surface area contributed by atoms with Gasteiger partial charge < -0.3 is 10.2 Å². The summed E-state index contributed by atoms with van der Waals surface area (Å²) >= 11 is 0. The summed E-state index contributed by atoms with van der Waals surface area (Å²) in [6, 6.07) is 9.01. The van der Waals surface area contributed by atoms with Crippen molar-refractivity contribution in [3.8, 4) is 0 Å². The SMILES string of the molecule is CC(C)C(C)N1C(=O)C(C)(c2ccccc2)NC(=O)C1C. The monoisotopic (exact) mass is 288 g/mol. The van der Waals surface area contributed by atoms with Crippen LogP contribution >= 0.6 is 0 Å². The molecule has 21 heavy (non-hydrogen) atoms. The lowest BCUT2D eigenvalue weighted by Gasteiger charge is -2.47. The number of nitrogens with one attached hydrogen (secondary N) is 1. The summed E-state index contributed by atoms with van der Waals surface area (Å²) in [5.74, 6) is 0.151. The molecule has 1 aromatic carbocycles. The zero-order chi connectivity index (χ0) is 15.8. The van der Waals surface area contributed by atoms with Gasteiger partial charge in [0.25, 0.3) is 5.91 Å². The third-order valence-electron chi connectivity index (χ3n) is 4.59. The van der Waals surface area contributed by atoms with Crippen LogP contribution in [0.3, 0.4) is 0 Å². The van der Waals surface area contributed by atoms with E-state index in [-0.39, 0.29) is 17.9 Å². The van der Waals surface area contributed by atoms with Gasteiger partial charge in [-0.05, 0) is 32.3 Å². The largest absolute Gasteiger partial charge is 0.336 e. The number of benzene rings is 1. The quantitative estimate of drug-likeness (QED) is 0.927. The minimum absolute atomic E-state index is 0.0154. The van der Waals surface area contributed by atoms with Crippen LogP contribution in [-0.2, 0) is 15.1 Å². The van der Waals surface area contributed by atoms with Gasteiger partial charge in [-0.2, -0.15) is 0 Å². The molecule has 0 radical (unpaired) electrons. The van der Waals surface area contributed by atoms with Crippen molar-refractivity contribution in [1.29, 1.82) is 0 Å². The van der Waals surface area contributed by atoms with Gasteiger partial charge in [0.1, 0.15) is 11.6 Å². The summed E-state index contributed by atoms with van der Waals surface area (Å²) in [4.78, 5) is 27.2. The maximum Gasteiger partial charge on any atom is 0.253 e. The van der Waals surface area contributed by atoms with Gasteiger partial charge in [0.05, 0.1) is 0 Å². The Hall–Kier alpha value is -1.84. The molecule has 114 valence electrons. The highest BCUT2D eigenvalue weighted by Gasteiger charge is 2.49. The van der Waals surface area contributed by atoms with Gasteiger partial charge in [0, 0.05) is 6.04 Å². The number of carbonyl (C=O) groups is 2. The molecule has 1 aliphatic heterocycles. The van der Waals surface area contributed by atoms with Gasteiger partial charge in [0.2, 0.25) is 5.91 Å². The van der Waals surface area contributed by atoms with Crippen molar-refractivity contribution in [2.24, 2.45) is 5.92 Å². The molecule has 2 amide bonds. The lowest BCUT2D eigenvalue weighted by atomic mass is 9.85. The van der Waals surface area contributed by atoms with Gasteiger partial charge in [-0.15, -0.1) is 0 Å². The van der Waals surface area contributed by atoms with E-state index in [0.29, 0.717) is 5.92 Å². The van der Waals surface area contributed by atoms with Crippen LogP contribution in [0.15, 0.2) is 30.3 Å². The molecule has 1 fully saturated rings. The second-order valence-electron chi connectivity index (χ2n) is 6.35. The number of amides is 2. The van der Waals surface area contributed by atoms with E-state index in [1.165, 1.54) is 0 Å². The molecule has 0 aromatic heterocycles. The summed E-state index contributed by atoms with van der Waals surface area (Å²) in [6.45, 7) is 9.71. The van der Waals surface area contributed by atoms with E-state index in [0.717, 1.165) is 5.56 Å². The maximum absolute atomic E-state index is 13.1. The van der Waals surface area contributed by atoms with Crippen molar-refractivity contribution >= 4 is 11.8 Å². The summed E-state index contributed by atoms with van der Waals surface area (Å²) in [5, 5.41) is 2.90. The predicted octanol–water partition coefficient (Wildman–Crippen LogP) is 2.29. The van der Waals surface area contributed by atoms with Crippen molar-refractivity contribution in [3.63, 3.8) is 0 Å². The van der Waals surface area contributed by atoms with E-state index < -0.39 is 11.6 Å². The molecule has 0 spiro atoms. The minimum Gasteiger partial charge on any atom is -0.336 e. The first-order valence-corrected chi connectivity index (χ1v) is 7.49. The summed E-state index contributed by atoms with van der Waals surface area (Å²) in [7, 11) is 0. The number of hydrogen-bond acceptors (Lipinski definition) is 2. The molecule has 1 heterocycles. The Morgan fingerprint density at radius 1 is 1.14 bits per heavy atom. The van der Waals surface area contributed by atoms with Gasteiger partial charge in [0.15, 0.2) is 0 Å². The average Bonchev–Trinajstić information content (AvgIpc) is 2.46. The normalized spacial score (nSPS) is 27.7. The van der Waals surface area contributed by atoms with E-state index in [9.17, 15) is 9.59 Å². The minimum atomic E-state index is -0.992. The van der Waals surface area contributed by atoms with E-state index in [4.69, 9.17) is 0 Å². The first-order chi connectivity index (χ1) is 9.79. The summed E-state index contributed by atoms with van der Waals surface area (Å²) < 4.78 is 0. The summed E-state index contributed by atoms with van der Waals surface area (Å²) in [6.07, 6.45) is 0. The second kappa shape index (κ2) is 5.51. The molecular formula is C17H24N2O2. The van der Waals surface area contributed by atoms with Crippen molar-refractivity contribution < 1.29 is 9.59 Å². The number of rotatable bonds is 3. The topological polar surface area (TPSA) is 49.4 Å². The van der Waals surface area contributed by atoms with Crippen molar-refractivity contribution in [2.75, 3.05) is 0 Å². The lowest BCUT2D eigenvalue weighted by molar-refractivity contribution is -0.157. The highest BCUT2D eigenvalue weighted by molar-refractivity contribution is 6.00. The summed E-state index contributed by atoms with van der Waals surface area (Å²) in [5.41, 5.74) is -0.176. The fraction of sp³-hybridized carbons (Fsp3) is 0.529. The van der Waals surface area contributed by atoms with E-state index in [2.05, 4.69) is 19.2 Å². The third-order valence-corrected chi connectivity index (χ3v) is 4.59. The van der Waals surface area contributed by atoms with Crippen LogP contribution in [0.2, 0.25) is 0 Å². The Kier molecular flexibility index (Phi) is 4.08. The molecule has 3 unspecified atom stereocenters. The van der Waals surface area contributed by atoms with Crippen molar-refractivity contribution in [2.45, 2.75) is 52.2 Å². The third kappa shape index (κ3) is 2.55. The molecule has 0 saturated carbocycles. The van der Waals surface area contributed by atoms with Crippen molar-refractivity contribution in [1.82, 2.24) is 10.2 Å². The standard InChI is InChI=1S/C17H24N2O2/c1-11(2)12(3)19-13(4)15(20)18-17(5,16(19)21)14-9-7-6-8-10-14/h6-13H,1-5H3,(H,18,20). The molecule has 0 aliphatic carbocycles. The Bertz CT molecular complexity index is 541. The second-order valence-corrected chi connectivity index (χ2v) is 6.35. The number of carbonyl (C=O) groups excluding carboxylic acids is 2. The van der Waals surface area contributed by atoms with Gasteiger partial charge in [-0.3, -0.25) is 9.59 Å². The Morgan fingerprint density at radius 2 is 1.71 bits per heavy atom. The fourth-order valence-corrected chi connectivity index (χ4v) is 2.79. The highest BCUT2D eigenvalue weighted by Crippen LogP contribution is 2.30. The molecule has 0 bridgehead atoms. The smallest absolute Gasteiger partial charge is 0.253 e. The van der Waals surface area contributed by atoms with E-state index in [1.807, 2.05) is 37.3 Å². The Balaban J connectivity index is 2.46. The van der Waals surface area contributed by atoms with E-state index >= 15 is 0 Å². The zero-order valence-corrected chi connectivity index (χ0v) is 13.4. The maximum atomic E-state index is 13.1. The number of hydrogen-bond donors (Lipinski definition) is 1. The Morgan fingerprint density at radius 3 is 2.24 bits per heavy atom. The first kappa shape index (κ1) is 15.5. The molecular weight excluding hydrogens is 264 g/mol. The molecule has 1 N–H and O–H groups in total. The lowest BCUT2D eigenvalue weighted by Crippen LogP contribution is -2.69. The molecule has 4 nitrogen and oxygen atoms in total. The molecule has 4 heteroatoms. The van der Waals surface area contributed by atoms with Crippen LogP contribution in [0, 0.1) is 5.92 Å². The van der Waals surface area contributed by atoms with Gasteiger partial charge in [-0.1, -0.05) is 44.2 Å². The molecule has 1 saturated heterocycles. The van der Waals surface area contributed by atoms with Crippen LogP contribution in [0.25, 0.3) is 0 Å². The van der Waals surface area contributed by atoms with Crippen LogP contribution in [0.5, 0.6) is 0 Å². The predicted molar refractivity (Wildman–Crippen MR) is 82.5 cm³/mol. The molecule has 2 rings (SSSR count). The van der Waals surface area contributed by atoms with Gasteiger partial charge in [-0.25, -0.2) is 0 Å². The molecule has 1 aliphatic rings. The fourth-order valence-electron chi connectivity index (χ4n) is 2.79.